The number of nitrogens with zero attached hydrogens (tertiary/aromatic N) is 2. The number of thiazole rings is 1. The number of nitrogens with one attached hydrogen (secondary N) is 1. The first-order valence-electron chi connectivity index (χ1n) is 6.25. The molecule has 0 atom stereocenters. The van der Waals surface area contributed by atoms with Gasteiger partial charge in [0.2, 0.25) is 0 Å². The molecule has 2 heterocycles. The lowest BCUT2D eigenvalue weighted by molar-refractivity contribution is 0.343. The fourth-order valence-corrected chi connectivity index (χ4v) is 2.93. The minimum atomic E-state index is 0.970. The molecule has 1 aliphatic rings. The minimum absolute atomic E-state index is 0.970. The van der Waals surface area contributed by atoms with Gasteiger partial charge in [0.1, 0.15) is 0 Å². The number of likely N-dealkylation sites (tertiary alicyclic amines) is 1. The molecule has 1 aromatic rings. The quantitative estimate of drug-likeness (QED) is 0.821. The van der Waals surface area contributed by atoms with E-state index in [0.29, 0.717) is 0 Å². The molecule has 3 nitrogen and oxygen atoms in total. The fourth-order valence-electron chi connectivity index (χ4n) is 2.05. The zero-order valence-electron chi connectivity index (χ0n) is 10.0. The highest BCUT2D eigenvalue weighted by atomic mass is 32.1. The minimum Gasteiger partial charge on any atom is -0.312 e. The molecule has 1 N–H and O–H groups in total. The summed E-state index contributed by atoms with van der Waals surface area (Å²) in [6.45, 7) is 7.90. The average molecular weight is 239 g/mol. The highest BCUT2D eigenvalue weighted by Crippen LogP contribution is 2.15. The molecule has 1 saturated heterocycles. The van der Waals surface area contributed by atoms with Crippen LogP contribution in [0.25, 0.3) is 0 Å². The second-order valence-electron chi connectivity index (χ2n) is 4.30. The van der Waals surface area contributed by atoms with E-state index in [1.54, 1.807) is 0 Å². The third-order valence-electron chi connectivity index (χ3n) is 2.99. The second kappa shape index (κ2) is 6.33. The first-order chi connectivity index (χ1) is 7.88. The SMILES string of the molecule is CCNCc1cnc(CCN2CCCC2)s1. The van der Waals surface area contributed by atoms with Gasteiger partial charge in [-0.15, -0.1) is 11.3 Å². The molecule has 1 aliphatic heterocycles. The predicted octanol–water partition coefficient (Wildman–Crippen LogP) is 1.89. The highest BCUT2D eigenvalue weighted by molar-refractivity contribution is 7.11. The van der Waals surface area contributed by atoms with E-state index >= 15 is 0 Å². The average Bonchev–Trinajstić information content (AvgIpc) is 2.95. The van der Waals surface area contributed by atoms with Crippen molar-refractivity contribution in [1.29, 1.82) is 0 Å². The van der Waals surface area contributed by atoms with Gasteiger partial charge in [-0.25, -0.2) is 4.98 Å². The summed E-state index contributed by atoms with van der Waals surface area (Å²) in [4.78, 5) is 8.39. The van der Waals surface area contributed by atoms with Crippen molar-refractivity contribution < 1.29 is 0 Å². The van der Waals surface area contributed by atoms with Gasteiger partial charge in [0, 0.05) is 30.6 Å². The predicted molar refractivity (Wildman–Crippen MR) is 68.9 cm³/mol. The van der Waals surface area contributed by atoms with Crippen molar-refractivity contribution in [2.75, 3.05) is 26.2 Å². The Kier molecular flexibility index (Phi) is 4.75. The fraction of sp³-hybridized carbons (Fsp3) is 0.750. The van der Waals surface area contributed by atoms with Crippen LogP contribution in [-0.4, -0.2) is 36.1 Å². The standard InChI is InChI=1S/C12H21N3S/c1-2-13-9-11-10-14-12(16-11)5-8-15-6-3-4-7-15/h10,13H,2-9H2,1H3. The Hall–Kier alpha value is -0.450. The van der Waals surface area contributed by atoms with E-state index in [0.717, 1.165) is 19.5 Å². The van der Waals surface area contributed by atoms with E-state index in [1.165, 1.54) is 42.4 Å². The molecule has 0 saturated carbocycles. The molecule has 1 aromatic heterocycles. The molecule has 4 heteroatoms. The van der Waals surface area contributed by atoms with Crippen molar-refractivity contribution in [3.8, 4) is 0 Å². The van der Waals surface area contributed by atoms with Gasteiger partial charge in [0.15, 0.2) is 0 Å². The lowest BCUT2D eigenvalue weighted by Gasteiger charge is -2.12. The molecular formula is C12H21N3S. The third-order valence-corrected chi connectivity index (χ3v) is 4.05. The second-order valence-corrected chi connectivity index (χ2v) is 5.50. The zero-order chi connectivity index (χ0) is 11.2. The summed E-state index contributed by atoms with van der Waals surface area (Å²) in [5.41, 5.74) is 0. The van der Waals surface area contributed by atoms with Gasteiger partial charge < -0.3 is 10.2 Å². The summed E-state index contributed by atoms with van der Waals surface area (Å²) in [5.74, 6) is 0. The zero-order valence-corrected chi connectivity index (χ0v) is 10.9. The van der Waals surface area contributed by atoms with Crippen LogP contribution in [0, 0.1) is 0 Å². The molecule has 0 spiro atoms. The maximum absolute atomic E-state index is 4.48. The van der Waals surface area contributed by atoms with E-state index in [1.807, 2.05) is 17.5 Å². The molecule has 2 rings (SSSR count). The van der Waals surface area contributed by atoms with Crippen LogP contribution in [0.15, 0.2) is 6.20 Å². The monoisotopic (exact) mass is 239 g/mol. The molecule has 0 radical (unpaired) electrons. The smallest absolute Gasteiger partial charge is 0.0940 e. The summed E-state index contributed by atoms with van der Waals surface area (Å²) < 4.78 is 0. The number of rotatable bonds is 6. The largest absolute Gasteiger partial charge is 0.312 e. The van der Waals surface area contributed by atoms with Crippen LogP contribution in [0.4, 0.5) is 0 Å². The summed E-state index contributed by atoms with van der Waals surface area (Å²) in [6, 6.07) is 0. The molecule has 90 valence electrons. The van der Waals surface area contributed by atoms with Gasteiger partial charge in [-0.3, -0.25) is 0 Å². The van der Waals surface area contributed by atoms with Crippen LogP contribution >= 0.6 is 11.3 Å². The van der Waals surface area contributed by atoms with Gasteiger partial charge in [0.05, 0.1) is 5.01 Å². The molecule has 0 aliphatic carbocycles. The van der Waals surface area contributed by atoms with E-state index in [2.05, 4.69) is 22.1 Å². The Morgan fingerprint density at radius 3 is 3.00 bits per heavy atom. The number of aromatic nitrogens is 1. The van der Waals surface area contributed by atoms with Crippen LogP contribution < -0.4 is 5.32 Å². The number of hydrogen-bond acceptors (Lipinski definition) is 4. The molecule has 16 heavy (non-hydrogen) atoms. The van der Waals surface area contributed by atoms with Crippen molar-refractivity contribution in [3.63, 3.8) is 0 Å². The third kappa shape index (κ3) is 3.54. The Morgan fingerprint density at radius 2 is 2.25 bits per heavy atom. The summed E-state index contributed by atoms with van der Waals surface area (Å²) >= 11 is 1.86. The van der Waals surface area contributed by atoms with Crippen LogP contribution in [0.3, 0.4) is 0 Å². The van der Waals surface area contributed by atoms with Gasteiger partial charge >= 0.3 is 0 Å². The molecule has 0 unspecified atom stereocenters. The summed E-state index contributed by atoms with van der Waals surface area (Å²) in [7, 11) is 0. The summed E-state index contributed by atoms with van der Waals surface area (Å²) in [6.07, 6.45) is 5.90. The molecular weight excluding hydrogens is 218 g/mol. The van der Waals surface area contributed by atoms with Gasteiger partial charge in [-0.05, 0) is 32.5 Å². The van der Waals surface area contributed by atoms with Crippen molar-refractivity contribution in [3.05, 3.63) is 16.1 Å². The Morgan fingerprint density at radius 1 is 1.44 bits per heavy atom. The lowest BCUT2D eigenvalue weighted by atomic mass is 10.4. The normalized spacial score (nSPS) is 17.1. The first kappa shape index (κ1) is 12.0. The first-order valence-corrected chi connectivity index (χ1v) is 7.07. The lowest BCUT2D eigenvalue weighted by Crippen LogP contribution is -2.21. The summed E-state index contributed by atoms with van der Waals surface area (Å²) in [5, 5.41) is 4.63. The maximum atomic E-state index is 4.48. The Balaban J connectivity index is 1.73. The van der Waals surface area contributed by atoms with Crippen LogP contribution in [-0.2, 0) is 13.0 Å². The molecule has 0 amide bonds. The van der Waals surface area contributed by atoms with Crippen LogP contribution in [0.5, 0.6) is 0 Å². The maximum Gasteiger partial charge on any atom is 0.0940 e. The molecule has 0 bridgehead atoms. The van der Waals surface area contributed by atoms with Crippen LogP contribution in [0.2, 0.25) is 0 Å². The van der Waals surface area contributed by atoms with Gasteiger partial charge in [-0.2, -0.15) is 0 Å². The highest BCUT2D eigenvalue weighted by Gasteiger charge is 2.11. The van der Waals surface area contributed by atoms with E-state index in [9.17, 15) is 0 Å². The van der Waals surface area contributed by atoms with Crippen molar-refractivity contribution in [2.24, 2.45) is 0 Å². The Bertz CT molecular complexity index is 305. The topological polar surface area (TPSA) is 28.2 Å². The molecule has 0 aromatic carbocycles. The van der Waals surface area contributed by atoms with Crippen molar-refractivity contribution in [1.82, 2.24) is 15.2 Å². The van der Waals surface area contributed by atoms with E-state index in [-0.39, 0.29) is 0 Å². The van der Waals surface area contributed by atoms with E-state index in [4.69, 9.17) is 0 Å². The van der Waals surface area contributed by atoms with Gasteiger partial charge in [-0.1, -0.05) is 6.92 Å². The van der Waals surface area contributed by atoms with Crippen molar-refractivity contribution in [2.45, 2.75) is 32.7 Å². The van der Waals surface area contributed by atoms with Crippen molar-refractivity contribution >= 4 is 11.3 Å². The van der Waals surface area contributed by atoms with E-state index < -0.39 is 0 Å². The Labute approximate surface area is 102 Å². The van der Waals surface area contributed by atoms with Crippen LogP contribution in [0.1, 0.15) is 29.7 Å². The molecule has 1 fully saturated rings. The van der Waals surface area contributed by atoms with Gasteiger partial charge in [0.25, 0.3) is 0 Å². The number of hydrogen-bond donors (Lipinski definition) is 1.